The maximum atomic E-state index is 4.85. The molecule has 2 N–H and O–H groups in total. The Morgan fingerprint density at radius 1 is 0.706 bits per heavy atom. The van der Waals surface area contributed by atoms with Gasteiger partial charge in [-0.2, -0.15) is 0 Å². The van der Waals surface area contributed by atoms with Crippen molar-refractivity contribution in [3.8, 4) is 33.5 Å². The Bertz CT molecular complexity index is 2260. The molecular formula is C47H46N4. The Labute approximate surface area is 302 Å². The summed E-state index contributed by atoms with van der Waals surface area (Å²) in [4.78, 5) is 12.8. The van der Waals surface area contributed by atoms with Gasteiger partial charge in [-0.05, 0) is 125 Å². The number of pyridine rings is 2. The van der Waals surface area contributed by atoms with E-state index in [-0.39, 0.29) is 0 Å². The summed E-state index contributed by atoms with van der Waals surface area (Å²) in [5.41, 5.74) is 12.9. The molecule has 0 amide bonds. The summed E-state index contributed by atoms with van der Waals surface area (Å²) in [7, 11) is 0. The van der Waals surface area contributed by atoms with E-state index in [4.69, 9.17) is 5.73 Å². The van der Waals surface area contributed by atoms with Gasteiger partial charge in [-0.1, -0.05) is 122 Å². The van der Waals surface area contributed by atoms with E-state index < -0.39 is 0 Å². The molecule has 0 saturated carbocycles. The van der Waals surface area contributed by atoms with Gasteiger partial charge in [-0.3, -0.25) is 15.0 Å². The molecule has 0 atom stereocenters. The van der Waals surface area contributed by atoms with Crippen molar-refractivity contribution in [2.24, 2.45) is 10.7 Å². The summed E-state index contributed by atoms with van der Waals surface area (Å²) in [6.45, 7) is 9.54. The first-order valence-corrected chi connectivity index (χ1v) is 17.5. The maximum absolute atomic E-state index is 4.85. The van der Waals surface area contributed by atoms with Gasteiger partial charge in [0.05, 0.1) is 5.69 Å². The highest BCUT2D eigenvalue weighted by Gasteiger charge is 2.15. The molecule has 0 fully saturated rings. The number of hydrogen-bond donors (Lipinski definition) is 1. The van der Waals surface area contributed by atoms with E-state index >= 15 is 0 Å². The number of nitrogens with zero attached hydrogens (tertiary/aromatic N) is 3. The van der Waals surface area contributed by atoms with Crippen LogP contribution in [-0.4, -0.2) is 16.7 Å². The van der Waals surface area contributed by atoms with Crippen LogP contribution in [0, 0.1) is 0 Å². The standard InChI is InChI=1S/C32H20N2.C12H19N.C3H7N/c1-2-19-34-30(5-1)27-15-11-24-12-16-28-26(14-10-23-13-17-29(27)32(24)31(23)28)22-8-6-21(7-9-22)25-4-3-18-33-20-25;1-4-6-8-9-11-12(13-3)10-7-5-2;1-2-3-4/h1-20H;5-8,10H,3-4,9,11H2,1-2H3;2-3H,4H2,1H3/b;7-5-,8-6-,12-10-;3-2-. The highest BCUT2D eigenvalue weighted by Crippen LogP contribution is 2.42. The summed E-state index contributed by atoms with van der Waals surface area (Å²) in [6, 6.07) is 36.9. The average molecular weight is 667 g/mol. The molecule has 0 spiro atoms. The molecule has 254 valence electrons. The molecule has 0 saturated heterocycles. The quantitative estimate of drug-likeness (QED) is 0.0722. The van der Waals surface area contributed by atoms with Crippen LogP contribution in [0.4, 0.5) is 0 Å². The van der Waals surface area contributed by atoms with Gasteiger partial charge in [0, 0.05) is 29.9 Å². The second kappa shape index (κ2) is 18.6. The zero-order valence-corrected chi connectivity index (χ0v) is 29.8. The summed E-state index contributed by atoms with van der Waals surface area (Å²) < 4.78 is 0. The lowest BCUT2D eigenvalue weighted by atomic mass is 9.88. The molecule has 7 rings (SSSR count). The second-order valence-electron chi connectivity index (χ2n) is 12.0. The number of benzene rings is 5. The van der Waals surface area contributed by atoms with Crippen LogP contribution in [0.5, 0.6) is 0 Å². The van der Waals surface area contributed by atoms with E-state index in [0.717, 1.165) is 36.2 Å². The fourth-order valence-corrected chi connectivity index (χ4v) is 6.11. The van der Waals surface area contributed by atoms with Gasteiger partial charge in [0.2, 0.25) is 0 Å². The zero-order chi connectivity index (χ0) is 35.8. The van der Waals surface area contributed by atoms with Crippen LogP contribution in [0.1, 0.15) is 40.0 Å². The minimum Gasteiger partial charge on any atom is -0.405 e. The Kier molecular flexibility index (Phi) is 13.2. The van der Waals surface area contributed by atoms with Crippen LogP contribution in [0.25, 0.3) is 65.8 Å². The zero-order valence-electron chi connectivity index (χ0n) is 29.8. The SMILES string of the molecule is C/C=C\N.C=N/C(=C\C=C/C)CC/C=C\CC.c1ccc(-c2ccc3ccc4c(-c5ccc(-c6cccnc6)cc5)ccc5ccc2c3c54)nc1. The molecule has 7 aromatic rings. The van der Waals surface area contributed by atoms with Crippen LogP contribution >= 0.6 is 0 Å². The van der Waals surface area contributed by atoms with E-state index in [1.807, 2.05) is 68.9 Å². The third kappa shape index (κ3) is 8.92. The fraction of sp³-hybridized carbons (Fsp3) is 0.128. The van der Waals surface area contributed by atoms with Gasteiger partial charge in [0.25, 0.3) is 0 Å². The molecular weight excluding hydrogens is 621 g/mol. The number of aliphatic imine (C=N–C) groups is 1. The maximum Gasteiger partial charge on any atom is 0.0708 e. The van der Waals surface area contributed by atoms with Crippen LogP contribution < -0.4 is 5.73 Å². The van der Waals surface area contributed by atoms with Gasteiger partial charge >= 0.3 is 0 Å². The summed E-state index contributed by atoms with van der Waals surface area (Å²) in [5, 5.41) is 7.69. The monoisotopic (exact) mass is 666 g/mol. The number of hydrogen-bond acceptors (Lipinski definition) is 4. The third-order valence-electron chi connectivity index (χ3n) is 8.64. The second-order valence-corrected chi connectivity index (χ2v) is 12.0. The largest absolute Gasteiger partial charge is 0.405 e. The van der Waals surface area contributed by atoms with Crippen molar-refractivity contribution in [2.75, 3.05) is 0 Å². The molecule has 0 aliphatic rings. The normalized spacial score (nSPS) is 11.7. The van der Waals surface area contributed by atoms with E-state index in [2.05, 4.69) is 126 Å². The Balaban J connectivity index is 0.000000250. The molecule has 51 heavy (non-hydrogen) atoms. The average Bonchev–Trinajstić information content (AvgIpc) is 3.20. The van der Waals surface area contributed by atoms with E-state index in [1.165, 1.54) is 60.8 Å². The molecule has 2 heterocycles. The molecule has 0 unspecified atom stereocenters. The van der Waals surface area contributed by atoms with Crippen molar-refractivity contribution in [2.45, 2.75) is 40.0 Å². The van der Waals surface area contributed by atoms with Gasteiger partial charge in [0.1, 0.15) is 0 Å². The first-order chi connectivity index (χ1) is 25.1. The van der Waals surface area contributed by atoms with Crippen molar-refractivity contribution in [3.63, 3.8) is 0 Å². The number of nitrogens with two attached hydrogens (primary N) is 1. The highest BCUT2D eigenvalue weighted by atomic mass is 14.7. The fourth-order valence-electron chi connectivity index (χ4n) is 6.11. The van der Waals surface area contributed by atoms with Gasteiger partial charge in [-0.25, -0.2) is 0 Å². The molecule has 0 bridgehead atoms. The lowest BCUT2D eigenvalue weighted by Crippen LogP contribution is -1.90. The number of rotatable bonds is 9. The lowest BCUT2D eigenvalue weighted by Gasteiger charge is -2.16. The van der Waals surface area contributed by atoms with E-state index in [1.54, 1.807) is 6.08 Å². The molecule has 4 heteroatoms. The van der Waals surface area contributed by atoms with Crippen LogP contribution in [-0.2, 0) is 0 Å². The van der Waals surface area contributed by atoms with Gasteiger partial charge < -0.3 is 5.73 Å². The minimum absolute atomic E-state index is 0.977. The predicted octanol–water partition coefficient (Wildman–Crippen LogP) is 12.7. The topological polar surface area (TPSA) is 64.2 Å². The Morgan fingerprint density at radius 2 is 1.37 bits per heavy atom. The number of aromatic nitrogens is 2. The first kappa shape index (κ1) is 36.2. The lowest BCUT2D eigenvalue weighted by molar-refractivity contribution is 0.957. The van der Waals surface area contributed by atoms with Gasteiger partial charge in [-0.15, -0.1) is 0 Å². The van der Waals surface area contributed by atoms with Gasteiger partial charge in [0.15, 0.2) is 0 Å². The molecule has 0 aliphatic heterocycles. The van der Waals surface area contributed by atoms with Crippen LogP contribution in [0.3, 0.4) is 0 Å². The van der Waals surface area contributed by atoms with Crippen molar-refractivity contribution in [3.05, 3.63) is 170 Å². The van der Waals surface area contributed by atoms with Crippen LogP contribution in [0.2, 0.25) is 0 Å². The number of allylic oxidation sites excluding steroid dienone is 7. The smallest absolute Gasteiger partial charge is 0.0708 e. The Morgan fingerprint density at radius 3 is 1.96 bits per heavy atom. The van der Waals surface area contributed by atoms with E-state index in [0.29, 0.717) is 0 Å². The summed E-state index contributed by atoms with van der Waals surface area (Å²) >= 11 is 0. The molecule has 4 nitrogen and oxygen atoms in total. The Hall–Kier alpha value is -6.13. The van der Waals surface area contributed by atoms with Crippen LogP contribution in [0.15, 0.2) is 175 Å². The molecule has 0 aliphatic carbocycles. The molecule has 5 aromatic carbocycles. The highest BCUT2D eigenvalue weighted by molar-refractivity contribution is 6.27. The van der Waals surface area contributed by atoms with Crippen molar-refractivity contribution in [1.29, 1.82) is 0 Å². The van der Waals surface area contributed by atoms with Crippen molar-refractivity contribution in [1.82, 2.24) is 9.97 Å². The molecule has 2 aromatic heterocycles. The molecule has 0 radical (unpaired) electrons. The summed E-state index contributed by atoms with van der Waals surface area (Å²) in [6.07, 6.45) is 22.3. The third-order valence-corrected chi connectivity index (χ3v) is 8.64. The minimum atomic E-state index is 0.977. The summed E-state index contributed by atoms with van der Waals surface area (Å²) in [5.74, 6) is 0. The van der Waals surface area contributed by atoms with Crippen molar-refractivity contribution >= 4 is 39.0 Å². The van der Waals surface area contributed by atoms with Crippen molar-refractivity contribution < 1.29 is 0 Å². The van der Waals surface area contributed by atoms with E-state index in [9.17, 15) is 0 Å². The predicted molar refractivity (Wildman–Crippen MR) is 222 cm³/mol. The first-order valence-electron chi connectivity index (χ1n) is 17.5.